The molecule has 0 radical (unpaired) electrons. The Balaban J connectivity index is 3.01. The van der Waals surface area contributed by atoms with E-state index in [1.165, 1.54) is 31.2 Å². The van der Waals surface area contributed by atoms with Gasteiger partial charge in [0.1, 0.15) is 23.9 Å². The van der Waals surface area contributed by atoms with Gasteiger partial charge in [0.2, 0.25) is 17.7 Å². The molecule has 0 heterocycles. The van der Waals surface area contributed by atoms with Gasteiger partial charge < -0.3 is 42.1 Å². The summed E-state index contributed by atoms with van der Waals surface area (Å²) in [7, 11) is 0. The van der Waals surface area contributed by atoms with E-state index >= 15 is 0 Å². The quantitative estimate of drug-likeness (QED) is 0.147. The predicted molar refractivity (Wildman–Crippen MR) is 127 cm³/mol. The monoisotopic (exact) mass is 510 g/mol. The van der Waals surface area contributed by atoms with Crippen LogP contribution in [0.1, 0.15) is 39.2 Å². The number of carbonyl (C=O) groups is 5. The lowest BCUT2D eigenvalue weighted by Gasteiger charge is -2.29. The highest BCUT2D eigenvalue weighted by molar-refractivity contribution is 5.95. The van der Waals surface area contributed by atoms with E-state index in [0.29, 0.717) is 12.0 Å². The fraction of sp³-hybridized carbons (Fsp3) is 0.522. The highest BCUT2D eigenvalue weighted by Gasteiger charge is 2.34. The number of carboxylic acids is 2. The molecule has 13 heteroatoms. The third-order valence-electron chi connectivity index (χ3n) is 5.58. The number of aromatic hydroxyl groups is 1. The van der Waals surface area contributed by atoms with Gasteiger partial charge in [-0.3, -0.25) is 19.2 Å². The number of aliphatic carboxylic acids is 2. The molecule has 6 unspecified atom stereocenters. The Kier molecular flexibility index (Phi) is 11.8. The lowest BCUT2D eigenvalue weighted by molar-refractivity contribution is -0.142. The van der Waals surface area contributed by atoms with E-state index in [1.807, 2.05) is 0 Å². The maximum atomic E-state index is 13.0. The Labute approximate surface area is 208 Å². The molecule has 0 aromatic heterocycles. The van der Waals surface area contributed by atoms with Gasteiger partial charge in [0.25, 0.3) is 0 Å². The second-order valence-electron chi connectivity index (χ2n) is 8.57. The minimum Gasteiger partial charge on any atom is -0.508 e. The summed E-state index contributed by atoms with van der Waals surface area (Å²) in [5.41, 5.74) is 6.04. The molecule has 0 saturated heterocycles. The molecule has 0 aliphatic rings. The largest absolute Gasteiger partial charge is 0.508 e. The minimum atomic E-state index is -1.55. The van der Waals surface area contributed by atoms with E-state index in [2.05, 4.69) is 16.0 Å². The Morgan fingerprint density at radius 2 is 1.42 bits per heavy atom. The molecule has 1 aromatic carbocycles. The van der Waals surface area contributed by atoms with Gasteiger partial charge in [0.15, 0.2) is 0 Å². The summed E-state index contributed by atoms with van der Waals surface area (Å²) in [6, 6.07) is 0.204. The van der Waals surface area contributed by atoms with Crippen LogP contribution in [0.25, 0.3) is 0 Å². The number of nitrogens with two attached hydrogens (primary N) is 1. The van der Waals surface area contributed by atoms with Crippen LogP contribution < -0.4 is 21.7 Å². The number of rotatable bonds is 14. The van der Waals surface area contributed by atoms with E-state index in [-0.39, 0.29) is 12.2 Å². The van der Waals surface area contributed by atoms with Crippen molar-refractivity contribution >= 4 is 29.7 Å². The first-order chi connectivity index (χ1) is 16.8. The molecule has 3 amide bonds. The Morgan fingerprint density at radius 3 is 1.89 bits per heavy atom. The first kappa shape index (κ1) is 30.3. The predicted octanol–water partition coefficient (Wildman–Crippen LogP) is -1.30. The average Bonchev–Trinajstić information content (AvgIpc) is 2.80. The second-order valence-corrected chi connectivity index (χ2v) is 8.57. The van der Waals surface area contributed by atoms with Gasteiger partial charge >= 0.3 is 11.9 Å². The fourth-order valence-corrected chi connectivity index (χ4v) is 3.22. The van der Waals surface area contributed by atoms with Crippen molar-refractivity contribution in [3.8, 4) is 5.75 Å². The molecule has 13 nitrogen and oxygen atoms in total. The van der Waals surface area contributed by atoms with Gasteiger partial charge in [-0.2, -0.15) is 0 Å². The van der Waals surface area contributed by atoms with E-state index in [0.717, 1.165) is 0 Å². The lowest BCUT2D eigenvalue weighted by atomic mass is 9.96. The van der Waals surface area contributed by atoms with Gasteiger partial charge in [-0.05, 0) is 30.5 Å². The number of amides is 3. The molecule has 0 spiro atoms. The Bertz CT molecular complexity index is 936. The summed E-state index contributed by atoms with van der Waals surface area (Å²) in [5, 5.41) is 44.8. The van der Waals surface area contributed by atoms with E-state index < -0.39 is 72.3 Å². The summed E-state index contributed by atoms with van der Waals surface area (Å²) in [6.07, 6.45) is -1.79. The molecule has 36 heavy (non-hydrogen) atoms. The number of hydrogen-bond donors (Lipinski definition) is 8. The van der Waals surface area contributed by atoms with Crippen LogP contribution in [0.15, 0.2) is 24.3 Å². The van der Waals surface area contributed by atoms with Crippen molar-refractivity contribution in [2.75, 3.05) is 0 Å². The normalized spacial score (nSPS) is 15.9. The van der Waals surface area contributed by atoms with Crippen LogP contribution in [0.2, 0.25) is 0 Å². The number of benzene rings is 1. The zero-order valence-corrected chi connectivity index (χ0v) is 20.3. The van der Waals surface area contributed by atoms with Gasteiger partial charge in [-0.25, -0.2) is 4.79 Å². The number of carboxylic acid groups (broad SMARTS) is 2. The minimum absolute atomic E-state index is 0.00196. The molecule has 1 aromatic rings. The summed E-state index contributed by atoms with van der Waals surface area (Å²) < 4.78 is 0. The Hall–Kier alpha value is -3.71. The van der Waals surface area contributed by atoms with Crippen molar-refractivity contribution in [1.29, 1.82) is 0 Å². The summed E-state index contributed by atoms with van der Waals surface area (Å²) in [6.45, 7) is 4.61. The van der Waals surface area contributed by atoms with Crippen molar-refractivity contribution in [2.45, 2.75) is 70.3 Å². The van der Waals surface area contributed by atoms with E-state index in [4.69, 9.17) is 10.8 Å². The number of aliphatic hydroxyl groups excluding tert-OH is 1. The highest BCUT2D eigenvalue weighted by atomic mass is 16.4. The molecule has 0 aliphatic heterocycles. The number of aliphatic hydroxyl groups is 1. The summed E-state index contributed by atoms with van der Waals surface area (Å²) in [5.74, 6) is -5.82. The summed E-state index contributed by atoms with van der Waals surface area (Å²) in [4.78, 5) is 60.6. The van der Waals surface area contributed by atoms with Crippen LogP contribution in [-0.4, -0.2) is 80.4 Å². The van der Waals surface area contributed by atoms with Gasteiger partial charge in [0, 0.05) is 6.42 Å². The molecule has 9 N–H and O–H groups in total. The van der Waals surface area contributed by atoms with E-state index in [9.17, 15) is 39.3 Å². The van der Waals surface area contributed by atoms with Gasteiger partial charge in [-0.1, -0.05) is 32.4 Å². The molecular weight excluding hydrogens is 476 g/mol. The fourth-order valence-electron chi connectivity index (χ4n) is 3.22. The second kappa shape index (κ2) is 14.0. The zero-order chi connectivity index (χ0) is 27.6. The average molecular weight is 511 g/mol. The van der Waals surface area contributed by atoms with Crippen molar-refractivity contribution in [3.63, 3.8) is 0 Å². The van der Waals surface area contributed by atoms with Gasteiger partial charge in [0.05, 0.1) is 18.6 Å². The third kappa shape index (κ3) is 9.50. The van der Waals surface area contributed by atoms with Crippen molar-refractivity contribution in [2.24, 2.45) is 11.7 Å². The number of phenolic OH excluding ortho intramolecular Hbond substituents is 1. The smallest absolute Gasteiger partial charge is 0.326 e. The van der Waals surface area contributed by atoms with Crippen LogP contribution >= 0.6 is 0 Å². The summed E-state index contributed by atoms with van der Waals surface area (Å²) >= 11 is 0. The molecule has 0 fully saturated rings. The Morgan fingerprint density at radius 1 is 0.889 bits per heavy atom. The molecular formula is C23H34N4O9. The van der Waals surface area contributed by atoms with Crippen LogP contribution in [0, 0.1) is 5.92 Å². The molecule has 1 rings (SSSR count). The number of nitrogens with one attached hydrogen (secondary N) is 3. The van der Waals surface area contributed by atoms with Crippen molar-refractivity contribution in [3.05, 3.63) is 29.8 Å². The van der Waals surface area contributed by atoms with Crippen LogP contribution in [0.5, 0.6) is 5.75 Å². The lowest BCUT2D eigenvalue weighted by Crippen LogP contribution is -2.61. The molecule has 0 bridgehead atoms. The maximum Gasteiger partial charge on any atom is 0.326 e. The molecule has 0 aliphatic carbocycles. The molecule has 6 atom stereocenters. The highest BCUT2D eigenvalue weighted by Crippen LogP contribution is 2.13. The first-order valence-corrected chi connectivity index (χ1v) is 11.3. The van der Waals surface area contributed by atoms with Gasteiger partial charge in [-0.15, -0.1) is 0 Å². The number of phenols is 1. The molecule has 0 saturated carbocycles. The maximum absolute atomic E-state index is 13.0. The van der Waals surface area contributed by atoms with Crippen LogP contribution in [-0.2, 0) is 30.4 Å². The van der Waals surface area contributed by atoms with Crippen LogP contribution in [0.3, 0.4) is 0 Å². The van der Waals surface area contributed by atoms with E-state index in [1.54, 1.807) is 13.8 Å². The number of hydrogen-bond acceptors (Lipinski definition) is 8. The van der Waals surface area contributed by atoms with Crippen LogP contribution in [0.4, 0.5) is 0 Å². The van der Waals surface area contributed by atoms with Crippen molar-refractivity contribution in [1.82, 2.24) is 16.0 Å². The molecule has 200 valence electrons. The zero-order valence-electron chi connectivity index (χ0n) is 20.3. The SMILES string of the molecule is CCC(C)C(NC(=O)C(NC(=O)C(N)CC(=O)O)C(C)O)C(=O)NC(Cc1ccc(O)cc1)C(=O)O. The number of carbonyl (C=O) groups excluding carboxylic acids is 3. The third-order valence-corrected chi connectivity index (χ3v) is 5.58. The van der Waals surface area contributed by atoms with Crippen molar-refractivity contribution < 1.29 is 44.4 Å². The topological polar surface area (TPSA) is 228 Å². The standard InChI is InChI=1S/C23H34N4O9/c1-4-11(2)18(21(33)25-16(23(35)36)9-13-5-7-14(29)8-6-13)26-22(34)19(12(3)28)27-20(32)15(24)10-17(30)31/h5-8,11-12,15-16,18-19,28-29H,4,9-10,24H2,1-3H3,(H,25,33)(H,26,34)(H,27,32)(H,30,31)(H,35,36). The first-order valence-electron chi connectivity index (χ1n) is 11.3.